The molecular weight excluding hydrogens is 220 g/mol. The molecule has 6 atom stereocenters. The summed E-state index contributed by atoms with van der Waals surface area (Å²) in [6.45, 7) is 3.78. The van der Waals surface area contributed by atoms with Crippen molar-refractivity contribution in [1.82, 2.24) is 0 Å². The van der Waals surface area contributed by atoms with Crippen LogP contribution in [0, 0.1) is 17.8 Å². The van der Waals surface area contributed by atoms with Crippen molar-refractivity contribution in [2.24, 2.45) is 17.8 Å². The molecule has 1 saturated carbocycles. The Labute approximate surface area is 99.9 Å². The van der Waals surface area contributed by atoms with Gasteiger partial charge in [0, 0.05) is 11.8 Å². The average molecular weight is 236 g/mol. The molecule has 0 unspecified atom stereocenters. The third kappa shape index (κ3) is 1.07. The molecule has 0 radical (unpaired) electrons. The minimum absolute atomic E-state index is 0.102. The maximum absolute atomic E-state index is 11.5. The summed E-state index contributed by atoms with van der Waals surface area (Å²) in [7, 11) is 0. The summed E-state index contributed by atoms with van der Waals surface area (Å²) in [4.78, 5) is 11.5. The highest BCUT2D eigenvalue weighted by Crippen LogP contribution is 2.60. The predicted octanol–water partition coefficient (Wildman–Crippen LogP) is 1.25. The van der Waals surface area contributed by atoms with Crippen LogP contribution in [0.15, 0.2) is 12.2 Å². The van der Waals surface area contributed by atoms with Crippen LogP contribution in [0.2, 0.25) is 0 Å². The van der Waals surface area contributed by atoms with E-state index in [1.807, 2.05) is 13.8 Å². The van der Waals surface area contributed by atoms with Gasteiger partial charge in [0.15, 0.2) is 18.4 Å². The van der Waals surface area contributed by atoms with Crippen molar-refractivity contribution >= 4 is 6.29 Å². The third-order valence-corrected chi connectivity index (χ3v) is 4.63. The minimum atomic E-state index is -0.689. The number of fused-ring (bicyclic) bond motifs is 7. The summed E-state index contributed by atoms with van der Waals surface area (Å²) in [5.41, 5.74) is -0.689. The van der Waals surface area contributed by atoms with E-state index in [0.717, 1.165) is 12.7 Å². The van der Waals surface area contributed by atoms with Gasteiger partial charge in [-0.3, -0.25) is 0 Å². The Kier molecular flexibility index (Phi) is 1.70. The van der Waals surface area contributed by atoms with Gasteiger partial charge in [-0.15, -0.1) is 0 Å². The van der Waals surface area contributed by atoms with E-state index >= 15 is 0 Å². The van der Waals surface area contributed by atoms with E-state index in [4.69, 9.17) is 14.2 Å². The van der Waals surface area contributed by atoms with E-state index < -0.39 is 11.4 Å². The fourth-order valence-electron chi connectivity index (χ4n) is 4.06. The van der Waals surface area contributed by atoms with E-state index in [-0.39, 0.29) is 24.2 Å². The monoisotopic (exact) mass is 236 g/mol. The second-order valence-corrected chi connectivity index (χ2v) is 5.97. The highest BCUT2D eigenvalue weighted by atomic mass is 16.8. The van der Waals surface area contributed by atoms with Gasteiger partial charge in [-0.05, 0) is 26.2 Å². The molecule has 17 heavy (non-hydrogen) atoms. The van der Waals surface area contributed by atoms with Crippen LogP contribution in [0.25, 0.3) is 0 Å². The molecular formula is C13H16O4. The Morgan fingerprint density at radius 1 is 1.24 bits per heavy atom. The average Bonchev–Trinajstić information content (AvgIpc) is 2.92. The van der Waals surface area contributed by atoms with Crippen molar-refractivity contribution in [3.63, 3.8) is 0 Å². The zero-order chi connectivity index (χ0) is 11.8. The van der Waals surface area contributed by atoms with Crippen LogP contribution in [-0.4, -0.2) is 30.1 Å². The number of allylic oxidation sites excluding steroid dienone is 1. The molecule has 4 heteroatoms. The van der Waals surface area contributed by atoms with Crippen molar-refractivity contribution in [2.75, 3.05) is 0 Å². The number of rotatable bonds is 1. The molecule has 0 N–H and O–H groups in total. The fourth-order valence-corrected chi connectivity index (χ4v) is 4.06. The molecule has 3 fully saturated rings. The minimum Gasteiger partial charge on any atom is -0.341 e. The molecule has 2 heterocycles. The lowest BCUT2D eigenvalue weighted by molar-refractivity contribution is -0.229. The highest BCUT2D eigenvalue weighted by molar-refractivity contribution is 5.68. The van der Waals surface area contributed by atoms with E-state index in [1.165, 1.54) is 0 Å². The van der Waals surface area contributed by atoms with Crippen molar-refractivity contribution < 1.29 is 19.0 Å². The van der Waals surface area contributed by atoms with Gasteiger partial charge in [-0.25, -0.2) is 0 Å². The summed E-state index contributed by atoms with van der Waals surface area (Å²) >= 11 is 0. The number of hydrogen-bond acceptors (Lipinski definition) is 4. The topological polar surface area (TPSA) is 44.8 Å². The van der Waals surface area contributed by atoms with Crippen LogP contribution in [0.3, 0.4) is 0 Å². The van der Waals surface area contributed by atoms with Crippen LogP contribution >= 0.6 is 0 Å². The Morgan fingerprint density at radius 3 is 2.82 bits per heavy atom. The quantitative estimate of drug-likeness (QED) is 0.508. The zero-order valence-electron chi connectivity index (χ0n) is 9.96. The number of ether oxygens (including phenoxy) is 3. The molecule has 0 spiro atoms. The summed E-state index contributed by atoms with van der Waals surface area (Å²) in [5.74, 6) is 0.131. The lowest BCUT2D eigenvalue weighted by Crippen LogP contribution is -2.45. The lowest BCUT2D eigenvalue weighted by Gasteiger charge is -2.33. The summed E-state index contributed by atoms with van der Waals surface area (Å²) in [5, 5.41) is 0. The van der Waals surface area contributed by atoms with Crippen LogP contribution in [0.4, 0.5) is 0 Å². The first-order valence-electron chi connectivity index (χ1n) is 6.24. The molecule has 2 saturated heterocycles. The standard InChI is InChI=1S/C13H16O4/c1-12(2)15-10-9-7-3-4-8(5-7)13(9,6-14)17-11(10)16-12/h3-4,6-11H,5H2,1-2H3/t7-,8+,9+,10+,11-,13+/m0/s1. The van der Waals surface area contributed by atoms with Crippen LogP contribution in [-0.2, 0) is 19.0 Å². The first-order chi connectivity index (χ1) is 8.06. The summed E-state index contributed by atoms with van der Waals surface area (Å²) in [6.07, 6.45) is 5.82. The van der Waals surface area contributed by atoms with Crippen LogP contribution in [0.1, 0.15) is 20.3 Å². The number of hydrogen-bond donors (Lipinski definition) is 0. The fraction of sp³-hybridized carbons (Fsp3) is 0.769. The predicted molar refractivity (Wildman–Crippen MR) is 57.9 cm³/mol. The van der Waals surface area contributed by atoms with Crippen molar-refractivity contribution in [2.45, 2.75) is 44.1 Å². The molecule has 0 aromatic rings. The van der Waals surface area contributed by atoms with E-state index in [2.05, 4.69) is 12.2 Å². The lowest BCUT2D eigenvalue weighted by atomic mass is 9.78. The van der Waals surface area contributed by atoms with Crippen molar-refractivity contribution in [1.29, 1.82) is 0 Å². The second-order valence-electron chi connectivity index (χ2n) is 5.97. The maximum atomic E-state index is 11.5. The van der Waals surface area contributed by atoms with Crippen LogP contribution < -0.4 is 0 Å². The van der Waals surface area contributed by atoms with E-state index in [0.29, 0.717) is 5.92 Å². The van der Waals surface area contributed by atoms with Gasteiger partial charge in [0.2, 0.25) is 0 Å². The SMILES string of the molecule is CC1(C)O[C@H]2O[C@@]3(C=O)[C@@H]([C@H]2O1)[C@H]1C=C[C@@H]3C1. The number of carbonyl (C=O) groups excluding carboxylic acids is 1. The third-order valence-electron chi connectivity index (χ3n) is 4.63. The Bertz CT molecular complexity index is 416. The maximum Gasteiger partial charge on any atom is 0.188 e. The van der Waals surface area contributed by atoms with Crippen LogP contribution in [0.5, 0.6) is 0 Å². The van der Waals surface area contributed by atoms with Gasteiger partial charge >= 0.3 is 0 Å². The van der Waals surface area contributed by atoms with Crippen molar-refractivity contribution in [3.8, 4) is 0 Å². The van der Waals surface area contributed by atoms with Gasteiger partial charge < -0.3 is 19.0 Å². The molecule has 0 amide bonds. The molecule has 0 aromatic heterocycles. The highest BCUT2D eigenvalue weighted by Gasteiger charge is 2.70. The molecule has 2 bridgehead atoms. The van der Waals surface area contributed by atoms with Gasteiger partial charge in [0.1, 0.15) is 11.7 Å². The van der Waals surface area contributed by atoms with Crippen molar-refractivity contribution in [3.05, 3.63) is 12.2 Å². The molecule has 0 aromatic carbocycles. The summed E-state index contributed by atoms with van der Waals surface area (Å²) < 4.78 is 17.6. The van der Waals surface area contributed by atoms with E-state index in [9.17, 15) is 4.79 Å². The molecule has 2 aliphatic heterocycles. The largest absolute Gasteiger partial charge is 0.341 e. The van der Waals surface area contributed by atoms with Gasteiger partial charge in [0.05, 0.1) is 0 Å². The van der Waals surface area contributed by atoms with Gasteiger partial charge in [-0.1, -0.05) is 12.2 Å². The second kappa shape index (κ2) is 2.82. The van der Waals surface area contributed by atoms with Gasteiger partial charge in [-0.2, -0.15) is 0 Å². The Morgan fingerprint density at radius 2 is 2.06 bits per heavy atom. The van der Waals surface area contributed by atoms with E-state index in [1.54, 1.807) is 0 Å². The molecule has 92 valence electrons. The summed E-state index contributed by atoms with van der Waals surface area (Å²) in [6, 6.07) is 0. The zero-order valence-corrected chi connectivity index (χ0v) is 9.96. The normalized spacial score (nSPS) is 57.2. The molecule has 4 aliphatic rings. The molecule has 4 rings (SSSR count). The molecule has 2 aliphatic carbocycles. The molecule has 4 nitrogen and oxygen atoms in total. The number of aldehydes is 1. The Hall–Kier alpha value is -0.710. The first-order valence-corrected chi connectivity index (χ1v) is 6.24. The first kappa shape index (κ1) is 10.2. The number of carbonyl (C=O) groups is 1. The van der Waals surface area contributed by atoms with Gasteiger partial charge in [0.25, 0.3) is 0 Å². The smallest absolute Gasteiger partial charge is 0.188 e. The Balaban J connectivity index is 1.75.